The number of aliphatic hydroxyl groups is 1. The predicted octanol–water partition coefficient (Wildman–Crippen LogP) is -3.62. The number of hydrogen-bond acceptors (Lipinski definition) is 7. The van der Waals surface area contributed by atoms with Gasteiger partial charge in [-0.2, -0.15) is 0 Å². The Morgan fingerprint density at radius 2 is 2.15 bits per heavy atom. The first-order valence-electron chi connectivity index (χ1n) is 8.09. The summed E-state index contributed by atoms with van der Waals surface area (Å²) in [5.41, 5.74) is -1.71. The van der Waals surface area contributed by atoms with Gasteiger partial charge in [0.05, 0.1) is 0 Å². The van der Waals surface area contributed by atoms with Gasteiger partial charge in [-0.3, -0.25) is 0 Å². The number of nitrogens with one attached hydrogen (secondary N) is 1. The Morgan fingerprint density at radius 1 is 1.48 bits per heavy atom. The molecule has 1 rings (SSSR count). The van der Waals surface area contributed by atoms with E-state index >= 15 is 0 Å². The number of aliphatic hydroxyl groups excluding tert-OH is 1. The quantitative estimate of drug-likeness (QED) is 0.337. The number of carbonyl (C=O) groups is 2. The Morgan fingerprint density at radius 3 is 2.63 bits per heavy atom. The van der Waals surface area contributed by atoms with E-state index in [-0.39, 0.29) is 13.0 Å². The van der Waals surface area contributed by atoms with E-state index in [9.17, 15) is 19.8 Å². The van der Waals surface area contributed by atoms with Crippen LogP contribution in [0.4, 0.5) is 0 Å². The van der Waals surface area contributed by atoms with Gasteiger partial charge in [0.1, 0.15) is 0 Å². The van der Waals surface area contributed by atoms with Crippen LogP contribution in [0.3, 0.4) is 0 Å². The van der Waals surface area contributed by atoms with E-state index in [1.807, 2.05) is 0 Å². The summed E-state index contributed by atoms with van der Waals surface area (Å²) >= 11 is 0. The van der Waals surface area contributed by atoms with Gasteiger partial charge in [0.25, 0.3) is 0 Å². The molecule has 1 heterocycles. The van der Waals surface area contributed by atoms with Crippen molar-refractivity contribution in [2.24, 2.45) is 0 Å². The molecule has 3 N–H and O–H groups in total. The Bertz CT molecular complexity index is 568. The molecule has 0 aliphatic carbocycles. The van der Waals surface area contributed by atoms with E-state index in [4.69, 9.17) is 41.9 Å². The molecule has 0 saturated carbocycles. The number of carbonyl (C=O) groups excluding carboxylic acids is 1. The van der Waals surface area contributed by atoms with Gasteiger partial charge in [0.15, 0.2) is 0 Å². The van der Waals surface area contributed by atoms with Crippen LogP contribution in [0.25, 0.3) is 0 Å². The molecule has 1 amide bonds. The molecule has 137 valence electrons. The fourth-order valence-electron chi connectivity index (χ4n) is 2.88. The topological polar surface area (TPSA) is 124 Å². The van der Waals surface area contributed by atoms with Crippen LogP contribution >= 0.6 is 0 Å². The van der Waals surface area contributed by atoms with Gasteiger partial charge in [0.2, 0.25) is 0 Å². The molecule has 6 unspecified atom stereocenters. The molecule has 9 nitrogen and oxygen atoms in total. The zero-order valence-corrected chi connectivity index (χ0v) is 15.1. The van der Waals surface area contributed by atoms with E-state index < -0.39 is 47.9 Å². The minimum atomic E-state index is -1.71. The number of carboxylic acids is 1. The van der Waals surface area contributed by atoms with Crippen molar-refractivity contribution < 1.29 is 38.5 Å². The van der Waals surface area contributed by atoms with Gasteiger partial charge < -0.3 is 0 Å². The summed E-state index contributed by atoms with van der Waals surface area (Å²) in [5, 5.41) is 22.5. The summed E-state index contributed by atoms with van der Waals surface area (Å²) in [6.45, 7) is 3.43. The monoisotopic (exact) mass is 370 g/mol. The molecule has 0 aromatic rings. The number of rotatable bonds is 10. The van der Waals surface area contributed by atoms with Gasteiger partial charge in [0, 0.05) is 0 Å². The van der Waals surface area contributed by atoms with Gasteiger partial charge in [-0.15, -0.1) is 0 Å². The van der Waals surface area contributed by atoms with Crippen molar-refractivity contribution in [3.05, 3.63) is 0 Å². The van der Waals surface area contributed by atoms with Crippen molar-refractivity contribution in [3.63, 3.8) is 0 Å². The average molecular weight is 369 g/mol. The molecule has 0 spiro atoms. The van der Waals surface area contributed by atoms with Crippen LogP contribution in [0, 0.1) is 0 Å². The van der Waals surface area contributed by atoms with E-state index in [1.54, 1.807) is 0 Å². The van der Waals surface area contributed by atoms with E-state index in [1.165, 1.54) is 13.8 Å². The minimum absolute atomic E-state index is 0.151. The summed E-state index contributed by atoms with van der Waals surface area (Å²) < 4.78 is 20.9. The van der Waals surface area contributed by atoms with Crippen LogP contribution in [0.2, 0.25) is 0 Å². The van der Waals surface area contributed by atoms with Gasteiger partial charge in [-0.05, 0) is 0 Å². The van der Waals surface area contributed by atoms with Crippen LogP contribution in [-0.4, -0.2) is 109 Å². The summed E-state index contributed by atoms with van der Waals surface area (Å²) in [7, 11) is 17.8. The first kappa shape index (κ1) is 23.8. The standard InChI is InChI=1S/C12H18B6NO8/c1-5(20)19-8-7(26-15)3-12(2,11(22)23)25-10(8)9(27-17-14)6(21)4-24-18-16-13/h6-10,21H,3-4H2,1-2H3,(H,19,20)(H,22,23). The molecular formula is C12H18B6NO8. The summed E-state index contributed by atoms with van der Waals surface area (Å²) in [6, 6.07) is -0.926. The fourth-order valence-corrected chi connectivity index (χ4v) is 2.88. The molecular weight excluding hydrogens is 351 g/mol. The first-order valence-corrected chi connectivity index (χ1v) is 8.09. The van der Waals surface area contributed by atoms with Gasteiger partial charge in [-0.1, -0.05) is 0 Å². The molecule has 0 aromatic heterocycles. The second-order valence-electron chi connectivity index (χ2n) is 6.19. The third kappa shape index (κ3) is 6.43. The third-order valence-electron chi connectivity index (χ3n) is 4.12. The van der Waals surface area contributed by atoms with Crippen LogP contribution in [0.1, 0.15) is 20.3 Å². The predicted molar refractivity (Wildman–Crippen MR) is 99.4 cm³/mol. The van der Waals surface area contributed by atoms with Crippen LogP contribution < -0.4 is 5.32 Å². The van der Waals surface area contributed by atoms with Crippen molar-refractivity contribution >= 4 is 55.7 Å². The number of amides is 1. The van der Waals surface area contributed by atoms with Crippen molar-refractivity contribution in [1.82, 2.24) is 5.32 Å². The summed E-state index contributed by atoms with van der Waals surface area (Å²) in [5.74, 6) is -1.72. The van der Waals surface area contributed by atoms with Crippen LogP contribution in [0.5, 0.6) is 0 Å². The third-order valence-corrected chi connectivity index (χ3v) is 4.12. The normalized spacial score (nSPS) is 29.5. The maximum absolute atomic E-state index is 11.7. The zero-order valence-electron chi connectivity index (χ0n) is 15.1. The Hall–Kier alpha value is -1.19. The van der Waals surface area contributed by atoms with E-state index in [0.717, 1.165) is 20.7 Å². The number of aliphatic carboxylic acids is 1. The number of hydrogen-bond donors (Lipinski definition) is 3. The first-order chi connectivity index (χ1) is 12.7. The molecule has 1 aliphatic rings. The zero-order chi connectivity index (χ0) is 20.6. The van der Waals surface area contributed by atoms with Crippen molar-refractivity contribution in [2.75, 3.05) is 6.61 Å². The van der Waals surface area contributed by atoms with Crippen molar-refractivity contribution in [3.8, 4) is 0 Å². The Labute approximate surface area is 163 Å². The van der Waals surface area contributed by atoms with E-state index in [0.29, 0.717) is 0 Å². The number of carboxylic acid groups (broad SMARTS) is 1. The molecule has 15 heteroatoms. The van der Waals surface area contributed by atoms with Gasteiger partial charge in [-0.25, -0.2) is 0 Å². The van der Waals surface area contributed by atoms with Crippen LogP contribution in [-0.2, 0) is 28.3 Å². The van der Waals surface area contributed by atoms with Crippen molar-refractivity contribution in [1.29, 1.82) is 0 Å². The van der Waals surface area contributed by atoms with Gasteiger partial charge >= 0.3 is 162 Å². The number of ether oxygens (including phenoxy) is 1. The molecule has 1 aliphatic heterocycles. The van der Waals surface area contributed by atoms with E-state index in [2.05, 4.69) is 5.32 Å². The second kappa shape index (κ2) is 11.0. The second-order valence-corrected chi connectivity index (χ2v) is 6.19. The van der Waals surface area contributed by atoms with Crippen molar-refractivity contribution in [2.45, 2.75) is 56.3 Å². The summed E-state index contributed by atoms with van der Waals surface area (Å²) in [4.78, 5) is 23.3. The Balaban J connectivity index is 3.24. The summed E-state index contributed by atoms with van der Waals surface area (Å²) in [6.07, 6.45) is -4.80. The molecule has 0 aromatic carbocycles. The molecule has 1 fully saturated rings. The van der Waals surface area contributed by atoms with Crippen LogP contribution in [0.15, 0.2) is 0 Å². The molecule has 5 radical (unpaired) electrons. The molecule has 1 saturated heterocycles. The fraction of sp³-hybridized carbons (Fsp3) is 0.833. The SMILES string of the molecule is [B]B=BOCC(O)C(OB=[B])C1OC(C)(C(=O)O)CC(O[B])C1NC(C)=O. The maximum atomic E-state index is 11.7. The molecule has 27 heavy (non-hydrogen) atoms. The average Bonchev–Trinajstić information content (AvgIpc) is 2.60. The molecule has 6 atom stereocenters. The Kier molecular flexibility index (Phi) is 9.69. The molecule has 0 bridgehead atoms.